The largest absolute Gasteiger partial charge is 0.299 e. The highest BCUT2D eigenvalue weighted by Gasteiger charge is 2.24. The van der Waals surface area contributed by atoms with Gasteiger partial charge in [-0.3, -0.25) is 14.6 Å². The van der Waals surface area contributed by atoms with Crippen LogP contribution in [-0.4, -0.2) is 9.78 Å². The minimum absolute atomic E-state index is 0.0635. The molecule has 1 aromatic carbocycles. The summed E-state index contributed by atoms with van der Waals surface area (Å²) in [6.45, 7) is 8.98. The predicted octanol–water partition coefficient (Wildman–Crippen LogP) is 3.16. The molecule has 0 amide bonds. The second-order valence-electron chi connectivity index (χ2n) is 5.53. The van der Waals surface area contributed by atoms with Crippen LogP contribution in [0.1, 0.15) is 33.4 Å². The molecular formula is C15H20N2O. The van der Waals surface area contributed by atoms with Crippen LogP contribution in [0.3, 0.4) is 0 Å². The zero-order chi connectivity index (χ0) is 13.3. The molecule has 0 saturated heterocycles. The summed E-state index contributed by atoms with van der Waals surface area (Å²) < 4.78 is 1.67. The lowest BCUT2D eigenvalue weighted by Gasteiger charge is -2.18. The Morgan fingerprint density at radius 2 is 1.78 bits per heavy atom. The number of aryl methyl sites for hydroxylation is 1. The molecule has 0 fully saturated rings. The van der Waals surface area contributed by atoms with Crippen LogP contribution in [0.2, 0.25) is 0 Å². The maximum absolute atomic E-state index is 12.4. The first-order valence-electron chi connectivity index (χ1n) is 6.34. The SMILES string of the molecule is CCn1[nH]c(C(C)(C)C)c(-c2ccccc2)c1=O. The first-order valence-corrected chi connectivity index (χ1v) is 6.34. The lowest BCUT2D eigenvalue weighted by Crippen LogP contribution is -2.16. The highest BCUT2D eigenvalue weighted by atomic mass is 16.1. The van der Waals surface area contributed by atoms with Crippen LogP contribution < -0.4 is 5.56 Å². The maximum Gasteiger partial charge on any atom is 0.274 e. The fraction of sp³-hybridized carbons (Fsp3) is 0.400. The third-order valence-electron chi connectivity index (χ3n) is 3.08. The zero-order valence-electron chi connectivity index (χ0n) is 11.4. The summed E-state index contributed by atoms with van der Waals surface area (Å²) in [7, 11) is 0. The molecule has 0 bridgehead atoms. The minimum Gasteiger partial charge on any atom is -0.299 e. The third-order valence-corrected chi connectivity index (χ3v) is 3.08. The van der Waals surface area contributed by atoms with Crippen molar-refractivity contribution in [2.75, 3.05) is 0 Å². The number of nitrogens with zero attached hydrogens (tertiary/aromatic N) is 1. The van der Waals surface area contributed by atoms with E-state index in [1.54, 1.807) is 4.68 Å². The quantitative estimate of drug-likeness (QED) is 0.865. The van der Waals surface area contributed by atoms with Gasteiger partial charge >= 0.3 is 0 Å². The highest BCUT2D eigenvalue weighted by molar-refractivity contribution is 5.66. The molecule has 1 N–H and O–H groups in total. The number of hydrogen-bond donors (Lipinski definition) is 1. The van der Waals surface area contributed by atoms with Gasteiger partial charge in [-0.05, 0) is 12.5 Å². The summed E-state index contributed by atoms with van der Waals surface area (Å²) in [5.74, 6) is 0. The molecule has 1 aromatic heterocycles. The van der Waals surface area contributed by atoms with Crippen LogP contribution in [0.15, 0.2) is 35.1 Å². The van der Waals surface area contributed by atoms with Gasteiger partial charge in [0.1, 0.15) is 0 Å². The van der Waals surface area contributed by atoms with Gasteiger partial charge in [0.05, 0.1) is 11.3 Å². The number of aromatic nitrogens is 2. The fourth-order valence-electron chi connectivity index (χ4n) is 2.12. The Bertz CT molecular complexity index is 585. The molecule has 0 spiro atoms. The van der Waals surface area contributed by atoms with E-state index in [4.69, 9.17) is 0 Å². The van der Waals surface area contributed by atoms with Crippen molar-refractivity contribution in [2.45, 2.75) is 39.7 Å². The lowest BCUT2D eigenvalue weighted by molar-refractivity contribution is 0.538. The van der Waals surface area contributed by atoms with Gasteiger partial charge in [0, 0.05) is 12.0 Å². The van der Waals surface area contributed by atoms with Crippen molar-refractivity contribution in [2.24, 2.45) is 0 Å². The van der Waals surface area contributed by atoms with Gasteiger partial charge < -0.3 is 0 Å². The normalized spacial score (nSPS) is 11.8. The van der Waals surface area contributed by atoms with Crippen LogP contribution in [0.4, 0.5) is 0 Å². The molecule has 0 atom stereocenters. The van der Waals surface area contributed by atoms with Crippen LogP contribution >= 0.6 is 0 Å². The van der Waals surface area contributed by atoms with E-state index < -0.39 is 0 Å². The number of hydrogen-bond acceptors (Lipinski definition) is 1. The molecule has 18 heavy (non-hydrogen) atoms. The minimum atomic E-state index is -0.0786. The van der Waals surface area contributed by atoms with Gasteiger partial charge in [0.15, 0.2) is 0 Å². The summed E-state index contributed by atoms with van der Waals surface area (Å²) >= 11 is 0. The van der Waals surface area contributed by atoms with E-state index in [9.17, 15) is 4.79 Å². The Balaban J connectivity index is 2.73. The second kappa shape index (κ2) is 4.48. The Morgan fingerprint density at radius 3 is 2.28 bits per heavy atom. The van der Waals surface area contributed by atoms with E-state index in [0.29, 0.717) is 6.54 Å². The molecule has 0 aliphatic heterocycles. The standard InChI is InChI=1S/C15H20N2O/c1-5-17-14(18)12(11-9-7-6-8-10-11)13(16-17)15(2,3)4/h6-10,16H,5H2,1-4H3. The number of aromatic amines is 1. The summed E-state index contributed by atoms with van der Waals surface area (Å²) in [5, 5.41) is 3.24. The average Bonchev–Trinajstić information content (AvgIpc) is 2.67. The first-order chi connectivity index (χ1) is 8.45. The molecule has 3 heteroatoms. The second-order valence-corrected chi connectivity index (χ2v) is 5.53. The van der Waals surface area contributed by atoms with E-state index in [-0.39, 0.29) is 11.0 Å². The van der Waals surface area contributed by atoms with Gasteiger partial charge in [-0.1, -0.05) is 51.1 Å². The van der Waals surface area contributed by atoms with Gasteiger partial charge in [0.2, 0.25) is 0 Å². The Labute approximate surface area is 107 Å². The Kier molecular flexibility index (Phi) is 3.16. The molecule has 2 aromatic rings. The monoisotopic (exact) mass is 244 g/mol. The molecule has 1 heterocycles. The van der Waals surface area contributed by atoms with Crippen molar-refractivity contribution in [3.63, 3.8) is 0 Å². The smallest absolute Gasteiger partial charge is 0.274 e. The van der Waals surface area contributed by atoms with Gasteiger partial charge in [-0.15, -0.1) is 0 Å². The van der Waals surface area contributed by atoms with Crippen molar-refractivity contribution in [3.8, 4) is 11.1 Å². The summed E-state index contributed by atoms with van der Waals surface area (Å²) in [4.78, 5) is 12.4. The van der Waals surface area contributed by atoms with E-state index in [1.807, 2.05) is 37.3 Å². The van der Waals surface area contributed by atoms with Crippen LogP contribution in [0.25, 0.3) is 11.1 Å². The predicted molar refractivity (Wildman–Crippen MR) is 74.9 cm³/mol. The van der Waals surface area contributed by atoms with Crippen molar-refractivity contribution < 1.29 is 0 Å². The lowest BCUT2D eigenvalue weighted by atomic mass is 9.87. The molecule has 3 nitrogen and oxygen atoms in total. The third kappa shape index (κ3) is 2.13. The van der Waals surface area contributed by atoms with Crippen molar-refractivity contribution in [1.29, 1.82) is 0 Å². The van der Waals surface area contributed by atoms with Crippen molar-refractivity contribution >= 4 is 0 Å². The molecular weight excluding hydrogens is 224 g/mol. The van der Waals surface area contributed by atoms with Crippen molar-refractivity contribution in [1.82, 2.24) is 9.78 Å². The summed E-state index contributed by atoms with van der Waals surface area (Å²) in [5.41, 5.74) is 2.76. The summed E-state index contributed by atoms with van der Waals surface area (Å²) in [6, 6.07) is 9.86. The fourth-order valence-corrected chi connectivity index (χ4v) is 2.12. The van der Waals surface area contributed by atoms with Crippen molar-refractivity contribution in [3.05, 3.63) is 46.4 Å². The molecule has 96 valence electrons. The molecule has 0 aliphatic rings. The van der Waals surface area contributed by atoms with Crippen LogP contribution in [-0.2, 0) is 12.0 Å². The zero-order valence-corrected chi connectivity index (χ0v) is 11.4. The van der Waals surface area contributed by atoms with Gasteiger partial charge in [-0.2, -0.15) is 0 Å². The highest BCUT2D eigenvalue weighted by Crippen LogP contribution is 2.28. The van der Waals surface area contributed by atoms with Crippen LogP contribution in [0.5, 0.6) is 0 Å². The molecule has 0 saturated carbocycles. The summed E-state index contributed by atoms with van der Waals surface area (Å²) in [6.07, 6.45) is 0. The number of nitrogens with one attached hydrogen (secondary N) is 1. The first kappa shape index (κ1) is 12.7. The number of H-pyrrole nitrogens is 1. The molecule has 0 radical (unpaired) electrons. The van der Waals surface area contributed by atoms with Gasteiger partial charge in [0.25, 0.3) is 5.56 Å². The van der Waals surface area contributed by atoms with E-state index >= 15 is 0 Å². The topological polar surface area (TPSA) is 37.8 Å². The Hall–Kier alpha value is -1.77. The maximum atomic E-state index is 12.4. The molecule has 0 aliphatic carbocycles. The number of rotatable bonds is 2. The van der Waals surface area contributed by atoms with E-state index in [1.165, 1.54) is 0 Å². The average molecular weight is 244 g/mol. The van der Waals surface area contributed by atoms with Gasteiger partial charge in [-0.25, -0.2) is 0 Å². The van der Waals surface area contributed by atoms with E-state index in [2.05, 4.69) is 25.9 Å². The Morgan fingerprint density at radius 1 is 1.17 bits per heavy atom. The van der Waals surface area contributed by atoms with Crippen LogP contribution in [0, 0.1) is 0 Å². The molecule has 0 unspecified atom stereocenters. The molecule has 2 rings (SSSR count). The number of benzene rings is 1. The van der Waals surface area contributed by atoms with E-state index in [0.717, 1.165) is 16.8 Å².